The van der Waals surface area contributed by atoms with Gasteiger partial charge in [-0.15, -0.1) is 0 Å². The van der Waals surface area contributed by atoms with Gasteiger partial charge in [0.05, 0.1) is 19.1 Å². The van der Waals surface area contributed by atoms with E-state index in [-0.39, 0.29) is 11.7 Å². The third-order valence-electron chi connectivity index (χ3n) is 4.18. The van der Waals surface area contributed by atoms with Crippen molar-refractivity contribution in [3.05, 3.63) is 77.7 Å². The molecule has 6 nitrogen and oxygen atoms in total. The van der Waals surface area contributed by atoms with Crippen LogP contribution in [0.5, 0.6) is 5.75 Å². The first-order valence-electron chi connectivity index (χ1n) is 9.74. The van der Waals surface area contributed by atoms with E-state index in [4.69, 9.17) is 4.74 Å². The van der Waals surface area contributed by atoms with Crippen molar-refractivity contribution in [2.45, 2.75) is 32.5 Å². The summed E-state index contributed by atoms with van der Waals surface area (Å²) in [5.41, 5.74) is 7.55. The third kappa shape index (κ3) is 7.69. The highest BCUT2D eigenvalue weighted by atomic mass is 127. The highest BCUT2D eigenvalue weighted by Gasteiger charge is 2.09. The number of nitrogens with one attached hydrogen (secondary N) is 1. The van der Waals surface area contributed by atoms with Crippen LogP contribution in [0, 0.1) is 27.9 Å². The monoisotopic (exact) mass is 672 g/mol. The van der Waals surface area contributed by atoms with Gasteiger partial charge in [-0.2, -0.15) is 5.10 Å². The van der Waals surface area contributed by atoms with Crippen LogP contribution in [0.15, 0.2) is 52.7 Å². The van der Waals surface area contributed by atoms with E-state index in [9.17, 15) is 4.79 Å². The van der Waals surface area contributed by atoms with Crippen LogP contribution in [-0.2, 0) is 11.4 Å². The molecule has 0 bridgehead atoms. The fourth-order valence-electron chi connectivity index (χ4n) is 2.85. The summed E-state index contributed by atoms with van der Waals surface area (Å²) in [7, 11) is 0. The van der Waals surface area contributed by atoms with Crippen molar-refractivity contribution in [2.75, 3.05) is 5.75 Å². The summed E-state index contributed by atoms with van der Waals surface area (Å²) >= 11 is 5.80. The second-order valence-corrected chi connectivity index (χ2v) is 10.4. The zero-order chi connectivity index (χ0) is 23.1. The lowest BCUT2D eigenvalue weighted by molar-refractivity contribution is -0.118. The number of rotatable bonds is 8. The zero-order valence-electron chi connectivity index (χ0n) is 17.9. The number of aryl methyl sites for hydroxylation is 3. The Kier molecular flexibility index (Phi) is 9.29. The first kappa shape index (κ1) is 24.9. The molecule has 0 atom stereocenters. The molecule has 0 spiro atoms. The van der Waals surface area contributed by atoms with Gasteiger partial charge in [-0.3, -0.25) is 4.79 Å². The van der Waals surface area contributed by atoms with Gasteiger partial charge in [0, 0.05) is 11.4 Å². The quantitative estimate of drug-likeness (QED) is 0.114. The summed E-state index contributed by atoms with van der Waals surface area (Å²) < 4.78 is 8.02. The van der Waals surface area contributed by atoms with Crippen molar-refractivity contribution in [3.8, 4) is 5.75 Å². The van der Waals surface area contributed by atoms with Gasteiger partial charge in [0.2, 0.25) is 0 Å². The fraction of sp³-hybridized carbons (Fsp3) is 0.217. The van der Waals surface area contributed by atoms with Crippen LogP contribution in [0.4, 0.5) is 0 Å². The summed E-state index contributed by atoms with van der Waals surface area (Å²) in [5.74, 6) is 0.830. The molecule has 0 radical (unpaired) electrons. The van der Waals surface area contributed by atoms with E-state index >= 15 is 0 Å². The number of hydrazone groups is 1. The van der Waals surface area contributed by atoms with Crippen LogP contribution >= 0.6 is 56.9 Å². The number of ether oxygens (including phenoxy) is 1. The summed E-state index contributed by atoms with van der Waals surface area (Å²) in [5, 5.41) is 4.67. The predicted molar refractivity (Wildman–Crippen MR) is 145 cm³/mol. The molecular weight excluding hydrogens is 650 g/mol. The maximum atomic E-state index is 12.1. The van der Waals surface area contributed by atoms with E-state index in [1.807, 2.05) is 38.1 Å². The second-order valence-electron chi connectivity index (χ2n) is 7.11. The summed E-state index contributed by atoms with van der Waals surface area (Å²) in [6.07, 6.45) is 1.63. The molecule has 166 valence electrons. The highest BCUT2D eigenvalue weighted by molar-refractivity contribution is 14.1. The average molecular weight is 672 g/mol. The number of carbonyl (C=O) groups is 1. The van der Waals surface area contributed by atoms with Crippen LogP contribution in [0.3, 0.4) is 0 Å². The molecule has 0 unspecified atom stereocenters. The van der Waals surface area contributed by atoms with Gasteiger partial charge < -0.3 is 4.74 Å². The number of hydrogen-bond donors (Lipinski definition) is 1. The van der Waals surface area contributed by atoms with Crippen LogP contribution in [0.25, 0.3) is 0 Å². The van der Waals surface area contributed by atoms with Crippen LogP contribution in [0.1, 0.15) is 28.1 Å². The Labute approximate surface area is 219 Å². The summed E-state index contributed by atoms with van der Waals surface area (Å²) in [6, 6.07) is 14.1. The van der Waals surface area contributed by atoms with Crippen molar-refractivity contribution in [2.24, 2.45) is 5.10 Å². The van der Waals surface area contributed by atoms with Gasteiger partial charge >= 0.3 is 0 Å². The smallest absolute Gasteiger partial charge is 0.250 e. The van der Waals surface area contributed by atoms with Crippen molar-refractivity contribution >= 4 is 69.1 Å². The molecule has 3 aromatic rings. The van der Waals surface area contributed by atoms with Crippen molar-refractivity contribution in [1.82, 2.24) is 15.4 Å². The van der Waals surface area contributed by atoms with Gasteiger partial charge in [0.15, 0.2) is 5.16 Å². The van der Waals surface area contributed by atoms with E-state index in [0.29, 0.717) is 11.8 Å². The number of carbonyl (C=O) groups excluding carboxylic acids is 1. The van der Waals surface area contributed by atoms with Crippen LogP contribution in [-0.4, -0.2) is 27.8 Å². The average Bonchev–Trinajstić information content (AvgIpc) is 2.71. The minimum Gasteiger partial charge on any atom is -0.487 e. The van der Waals surface area contributed by atoms with E-state index in [2.05, 4.69) is 90.8 Å². The molecule has 0 aliphatic rings. The standard InChI is InChI=1S/C23H22I2N4O2S/c1-14-5-4-6-17(7-14)12-31-22-19(24)9-18(10-20(22)25)11-26-29-21(30)13-32-23-27-15(2)8-16(3)28-23/h4-11H,12-13H2,1-3H3,(H,29,30)/b26-11-. The Bertz CT molecular complexity index is 1110. The SMILES string of the molecule is Cc1cccc(COc2c(I)cc(/C=N\NC(=O)CSc3nc(C)cc(C)n3)cc2I)c1. The largest absolute Gasteiger partial charge is 0.487 e. The second kappa shape index (κ2) is 11.9. The molecule has 1 amide bonds. The van der Waals surface area contributed by atoms with Gasteiger partial charge in [-0.05, 0) is 95.3 Å². The Balaban J connectivity index is 1.54. The number of nitrogens with zero attached hydrogens (tertiary/aromatic N) is 3. The first-order valence-corrected chi connectivity index (χ1v) is 12.9. The minimum absolute atomic E-state index is 0.195. The van der Waals surface area contributed by atoms with E-state index in [1.54, 1.807) is 6.21 Å². The van der Waals surface area contributed by atoms with Crippen molar-refractivity contribution < 1.29 is 9.53 Å². The lowest BCUT2D eigenvalue weighted by Gasteiger charge is -2.12. The van der Waals surface area contributed by atoms with Gasteiger partial charge in [-0.25, -0.2) is 15.4 Å². The molecule has 9 heteroatoms. The number of halogens is 2. The number of thioether (sulfide) groups is 1. The topological polar surface area (TPSA) is 76.5 Å². The van der Waals surface area contributed by atoms with Crippen LogP contribution < -0.4 is 10.2 Å². The number of aromatic nitrogens is 2. The molecule has 1 aromatic heterocycles. The molecule has 0 saturated carbocycles. The predicted octanol–water partition coefficient (Wildman–Crippen LogP) is 5.43. The maximum Gasteiger partial charge on any atom is 0.250 e. The number of amides is 1. The fourth-order valence-corrected chi connectivity index (χ4v) is 5.72. The number of benzene rings is 2. The summed E-state index contributed by atoms with van der Waals surface area (Å²) in [4.78, 5) is 20.7. The lowest BCUT2D eigenvalue weighted by atomic mass is 10.1. The summed E-state index contributed by atoms with van der Waals surface area (Å²) in [6.45, 7) is 6.40. The third-order valence-corrected chi connectivity index (χ3v) is 6.63. The minimum atomic E-state index is -0.212. The normalized spacial score (nSPS) is 11.0. The van der Waals surface area contributed by atoms with E-state index in [0.717, 1.165) is 35.4 Å². The van der Waals surface area contributed by atoms with Crippen molar-refractivity contribution in [3.63, 3.8) is 0 Å². The highest BCUT2D eigenvalue weighted by Crippen LogP contribution is 2.29. The van der Waals surface area contributed by atoms with E-state index in [1.165, 1.54) is 17.3 Å². The molecule has 1 heterocycles. The Morgan fingerprint density at radius 2 is 1.78 bits per heavy atom. The lowest BCUT2D eigenvalue weighted by Crippen LogP contribution is -2.19. The molecule has 1 N–H and O–H groups in total. The Morgan fingerprint density at radius 3 is 2.44 bits per heavy atom. The maximum absolute atomic E-state index is 12.1. The molecule has 0 saturated heterocycles. The molecule has 32 heavy (non-hydrogen) atoms. The molecular formula is C23H22I2N4O2S. The van der Waals surface area contributed by atoms with Gasteiger partial charge in [0.1, 0.15) is 12.4 Å². The van der Waals surface area contributed by atoms with Crippen molar-refractivity contribution in [1.29, 1.82) is 0 Å². The zero-order valence-corrected chi connectivity index (χ0v) is 23.0. The first-order chi connectivity index (χ1) is 15.3. The molecule has 0 aliphatic heterocycles. The Hall–Kier alpha value is -1.73. The molecule has 3 rings (SSSR count). The van der Waals surface area contributed by atoms with E-state index < -0.39 is 0 Å². The van der Waals surface area contributed by atoms with Gasteiger partial charge in [-0.1, -0.05) is 41.6 Å². The Morgan fingerprint density at radius 1 is 1.09 bits per heavy atom. The molecule has 2 aromatic carbocycles. The van der Waals surface area contributed by atoms with Gasteiger partial charge in [0.25, 0.3) is 5.91 Å². The van der Waals surface area contributed by atoms with Crippen LogP contribution in [0.2, 0.25) is 0 Å². The molecule has 0 aliphatic carbocycles. The molecule has 0 fully saturated rings. The number of hydrogen-bond acceptors (Lipinski definition) is 6.